The fraction of sp³-hybridized carbons (Fsp3) is 0.500. The summed E-state index contributed by atoms with van der Waals surface area (Å²) in [5.41, 5.74) is 2.03. The van der Waals surface area contributed by atoms with Crippen LogP contribution >= 0.6 is 23.4 Å². The molecule has 0 aliphatic carbocycles. The molecule has 0 spiro atoms. The second-order valence-electron chi connectivity index (χ2n) is 4.96. The number of imidazole rings is 1. The standard InChI is InChI=1S/C14H18ClN3S/c15-10-3-4-12-13(8-10)18-14(17-12)2-1-6-16-11-5-7-19-9-11/h3-4,8,11,16H,1-2,5-7,9H2,(H,17,18). The number of H-pyrrole nitrogens is 1. The quantitative estimate of drug-likeness (QED) is 0.832. The molecule has 1 fully saturated rings. The largest absolute Gasteiger partial charge is 0.342 e. The van der Waals surface area contributed by atoms with Gasteiger partial charge in [-0.3, -0.25) is 0 Å². The number of benzene rings is 1. The van der Waals surface area contributed by atoms with Crippen LogP contribution in [0.3, 0.4) is 0 Å². The van der Waals surface area contributed by atoms with E-state index >= 15 is 0 Å². The number of hydrogen-bond donors (Lipinski definition) is 2. The van der Waals surface area contributed by atoms with Crippen molar-refractivity contribution in [3.8, 4) is 0 Å². The lowest BCUT2D eigenvalue weighted by Crippen LogP contribution is -2.29. The van der Waals surface area contributed by atoms with Crippen molar-refractivity contribution in [2.75, 3.05) is 18.1 Å². The summed E-state index contributed by atoms with van der Waals surface area (Å²) in [6.45, 7) is 1.07. The summed E-state index contributed by atoms with van der Waals surface area (Å²) >= 11 is 8.02. The van der Waals surface area contributed by atoms with Crippen LogP contribution in [0.2, 0.25) is 5.02 Å². The Kier molecular flexibility index (Phi) is 4.31. The maximum absolute atomic E-state index is 5.97. The molecule has 1 atom stereocenters. The van der Waals surface area contributed by atoms with Crippen LogP contribution in [-0.4, -0.2) is 34.1 Å². The second-order valence-corrected chi connectivity index (χ2v) is 6.55. The maximum atomic E-state index is 5.97. The minimum absolute atomic E-state index is 0.722. The van der Waals surface area contributed by atoms with Crippen LogP contribution < -0.4 is 5.32 Å². The molecular weight excluding hydrogens is 278 g/mol. The lowest BCUT2D eigenvalue weighted by atomic mass is 10.2. The van der Waals surface area contributed by atoms with Gasteiger partial charge >= 0.3 is 0 Å². The van der Waals surface area contributed by atoms with Gasteiger partial charge in [-0.25, -0.2) is 4.98 Å². The summed E-state index contributed by atoms with van der Waals surface area (Å²) in [6.07, 6.45) is 3.42. The molecule has 102 valence electrons. The normalized spacial score (nSPS) is 19.3. The summed E-state index contributed by atoms with van der Waals surface area (Å²) in [5, 5.41) is 4.36. The Hall–Kier alpha value is -0.710. The van der Waals surface area contributed by atoms with E-state index in [0.717, 1.165) is 47.3 Å². The smallest absolute Gasteiger partial charge is 0.107 e. The lowest BCUT2D eigenvalue weighted by molar-refractivity contribution is 0.542. The van der Waals surface area contributed by atoms with E-state index in [9.17, 15) is 0 Å². The highest BCUT2D eigenvalue weighted by Crippen LogP contribution is 2.18. The third-order valence-electron chi connectivity index (χ3n) is 3.45. The number of fused-ring (bicyclic) bond motifs is 1. The van der Waals surface area contributed by atoms with Crippen molar-refractivity contribution in [3.63, 3.8) is 0 Å². The van der Waals surface area contributed by atoms with Gasteiger partial charge in [0.2, 0.25) is 0 Å². The van der Waals surface area contributed by atoms with E-state index in [0.29, 0.717) is 0 Å². The zero-order valence-corrected chi connectivity index (χ0v) is 12.4. The van der Waals surface area contributed by atoms with Crippen LogP contribution in [0.5, 0.6) is 0 Å². The summed E-state index contributed by atoms with van der Waals surface area (Å²) in [4.78, 5) is 7.91. The van der Waals surface area contributed by atoms with Gasteiger partial charge in [-0.1, -0.05) is 11.6 Å². The molecule has 2 N–H and O–H groups in total. The van der Waals surface area contributed by atoms with Crippen molar-refractivity contribution in [2.24, 2.45) is 0 Å². The Bertz CT molecular complexity index is 549. The summed E-state index contributed by atoms with van der Waals surface area (Å²) < 4.78 is 0. The van der Waals surface area contributed by atoms with Crippen LogP contribution in [0.15, 0.2) is 18.2 Å². The topological polar surface area (TPSA) is 40.7 Å². The van der Waals surface area contributed by atoms with Crippen LogP contribution in [-0.2, 0) is 6.42 Å². The van der Waals surface area contributed by atoms with E-state index in [4.69, 9.17) is 11.6 Å². The molecular formula is C14H18ClN3S. The minimum atomic E-state index is 0.722. The van der Waals surface area contributed by atoms with Crippen molar-refractivity contribution >= 4 is 34.4 Å². The molecule has 1 aliphatic rings. The van der Waals surface area contributed by atoms with E-state index in [-0.39, 0.29) is 0 Å². The van der Waals surface area contributed by atoms with Gasteiger partial charge in [0, 0.05) is 23.2 Å². The van der Waals surface area contributed by atoms with E-state index in [1.807, 2.05) is 30.0 Å². The molecule has 0 radical (unpaired) electrons. The molecule has 2 heterocycles. The van der Waals surface area contributed by atoms with Crippen LogP contribution in [0, 0.1) is 0 Å². The molecule has 19 heavy (non-hydrogen) atoms. The highest BCUT2D eigenvalue weighted by molar-refractivity contribution is 7.99. The SMILES string of the molecule is Clc1ccc2nc(CCCNC3CCSC3)[nH]c2c1. The molecule has 0 bridgehead atoms. The Morgan fingerprint density at radius 3 is 3.26 bits per heavy atom. The summed E-state index contributed by atoms with van der Waals surface area (Å²) in [5.74, 6) is 3.63. The van der Waals surface area contributed by atoms with Crippen LogP contribution in [0.1, 0.15) is 18.7 Å². The van der Waals surface area contributed by atoms with E-state index in [1.54, 1.807) is 0 Å². The van der Waals surface area contributed by atoms with Crippen LogP contribution in [0.25, 0.3) is 11.0 Å². The zero-order valence-electron chi connectivity index (χ0n) is 10.8. The molecule has 3 rings (SSSR count). The number of aromatic nitrogens is 2. The monoisotopic (exact) mass is 295 g/mol. The van der Waals surface area contributed by atoms with Gasteiger partial charge < -0.3 is 10.3 Å². The number of rotatable bonds is 5. The second kappa shape index (κ2) is 6.16. The molecule has 1 unspecified atom stereocenters. The number of hydrogen-bond acceptors (Lipinski definition) is 3. The number of thioether (sulfide) groups is 1. The molecule has 0 saturated carbocycles. The third-order valence-corrected chi connectivity index (χ3v) is 4.84. The predicted molar refractivity (Wildman–Crippen MR) is 83.2 cm³/mol. The average Bonchev–Trinajstić information content (AvgIpc) is 3.02. The van der Waals surface area contributed by atoms with Crippen molar-refractivity contribution in [1.82, 2.24) is 15.3 Å². The summed E-state index contributed by atoms with van der Waals surface area (Å²) in [7, 11) is 0. The molecule has 1 aromatic heterocycles. The molecule has 2 aromatic rings. The van der Waals surface area contributed by atoms with Crippen molar-refractivity contribution in [3.05, 3.63) is 29.0 Å². The first-order chi connectivity index (χ1) is 9.31. The van der Waals surface area contributed by atoms with Gasteiger partial charge in [0.05, 0.1) is 11.0 Å². The van der Waals surface area contributed by atoms with Gasteiger partial charge in [-0.15, -0.1) is 0 Å². The van der Waals surface area contributed by atoms with E-state index < -0.39 is 0 Å². The zero-order chi connectivity index (χ0) is 13.1. The third kappa shape index (κ3) is 3.44. The molecule has 5 heteroatoms. The Labute approximate surface area is 122 Å². The molecule has 0 amide bonds. The molecule has 3 nitrogen and oxygen atoms in total. The van der Waals surface area contributed by atoms with Gasteiger partial charge in [0.1, 0.15) is 5.82 Å². The molecule has 1 saturated heterocycles. The molecule has 1 aromatic carbocycles. The fourth-order valence-electron chi connectivity index (χ4n) is 2.41. The maximum Gasteiger partial charge on any atom is 0.107 e. The van der Waals surface area contributed by atoms with Crippen LogP contribution in [0.4, 0.5) is 0 Å². The number of aromatic amines is 1. The van der Waals surface area contributed by atoms with E-state index in [2.05, 4.69) is 15.3 Å². The average molecular weight is 296 g/mol. The number of nitrogens with zero attached hydrogens (tertiary/aromatic N) is 1. The minimum Gasteiger partial charge on any atom is -0.342 e. The van der Waals surface area contributed by atoms with E-state index in [1.165, 1.54) is 17.9 Å². The predicted octanol–water partition coefficient (Wildman–Crippen LogP) is 3.24. The van der Waals surface area contributed by atoms with Gasteiger partial charge in [0.25, 0.3) is 0 Å². The Morgan fingerprint density at radius 1 is 1.47 bits per heavy atom. The Morgan fingerprint density at radius 2 is 2.42 bits per heavy atom. The first-order valence-corrected chi connectivity index (χ1v) is 8.30. The highest BCUT2D eigenvalue weighted by atomic mass is 35.5. The van der Waals surface area contributed by atoms with Crippen molar-refractivity contribution in [2.45, 2.75) is 25.3 Å². The first kappa shape index (κ1) is 13.3. The Balaban J connectivity index is 1.50. The van der Waals surface area contributed by atoms with Gasteiger partial charge in [-0.2, -0.15) is 11.8 Å². The van der Waals surface area contributed by atoms with Gasteiger partial charge in [0.15, 0.2) is 0 Å². The van der Waals surface area contributed by atoms with Crippen molar-refractivity contribution < 1.29 is 0 Å². The molecule has 1 aliphatic heterocycles. The summed E-state index contributed by atoms with van der Waals surface area (Å²) in [6, 6.07) is 6.50. The van der Waals surface area contributed by atoms with Crippen molar-refractivity contribution in [1.29, 1.82) is 0 Å². The fourth-order valence-corrected chi connectivity index (χ4v) is 3.77. The number of aryl methyl sites for hydroxylation is 1. The van der Waals surface area contributed by atoms with Gasteiger partial charge in [-0.05, 0) is 43.3 Å². The number of nitrogens with one attached hydrogen (secondary N) is 2. The first-order valence-electron chi connectivity index (χ1n) is 6.76. The number of halogens is 1. The lowest BCUT2D eigenvalue weighted by Gasteiger charge is -2.09. The highest BCUT2D eigenvalue weighted by Gasteiger charge is 2.13.